The summed E-state index contributed by atoms with van der Waals surface area (Å²) in [6, 6.07) is -0.858. The Morgan fingerprint density at radius 3 is 2.96 bits per heavy atom. The van der Waals surface area contributed by atoms with Crippen LogP contribution in [0.3, 0.4) is 0 Å². The molecule has 1 saturated heterocycles. The fraction of sp³-hybridized carbons (Fsp3) is 0.600. The number of aromatic nitrogens is 4. The molecule has 1 aliphatic rings. The molecule has 12 heteroatoms. The van der Waals surface area contributed by atoms with Crippen molar-refractivity contribution in [1.82, 2.24) is 19.5 Å². The monoisotopic (exact) mass is 446 g/mol. The molecule has 3 heterocycles. The van der Waals surface area contributed by atoms with Gasteiger partial charge in [-0.2, -0.15) is 0 Å². The van der Waals surface area contributed by atoms with Crippen LogP contribution in [0.4, 0.5) is 5.82 Å². The van der Waals surface area contributed by atoms with Crippen LogP contribution in [0, 0.1) is 0 Å². The Bertz CT molecular complexity index is 804. The standard InChI is InChI=1S/C15H22N6O5Se/c1-25-11-10(22)8(4-27-3-2-7(16)15(23)24)26-14(11)21-6-20-9-12(17)18-5-19-13(9)21/h5-8,10-11,14,22H,2-4,16H2,1H3,(H,23,24)(H2,17,18,19)/t7?,8-,10-,11-,14-/m1/s1. The van der Waals surface area contributed by atoms with Gasteiger partial charge in [-0.25, -0.2) is 0 Å². The third-order valence-corrected chi connectivity index (χ3v) is 6.70. The number of carbonyl (C=O) groups is 1. The van der Waals surface area contributed by atoms with E-state index in [4.69, 9.17) is 26.0 Å². The Hall–Kier alpha value is -1.82. The maximum atomic E-state index is 10.8. The van der Waals surface area contributed by atoms with Crippen LogP contribution in [0.2, 0.25) is 10.6 Å². The molecule has 1 fully saturated rings. The fourth-order valence-electron chi connectivity index (χ4n) is 2.92. The first-order chi connectivity index (χ1) is 12.9. The van der Waals surface area contributed by atoms with E-state index in [1.165, 1.54) is 13.4 Å². The SMILES string of the molecule is CO[C@@H]1[C@H](O)[C@@H](C[Se]CCC(N)C(=O)O)O[C@H]1n1cnc2c(N)ncnc21. The molecule has 0 aliphatic carbocycles. The molecule has 1 unspecified atom stereocenters. The molecule has 27 heavy (non-hydrogen) atoms. The van der Waals surface area contributed by atoms with Crippen LogP contribution in [-0.2, 0) is 14.3 Å². The van der Waals surface area contributed by atoms with Gasteiger partial charge in [0.2, 0.25) is 0 Å². The molecule has 1 aliphatic heterocycles. The number of ether oxygens (including phenoxy) is 2. The number of carboxylic acids is 1. The minimum absolute atomic E-state index is 0.0789. The minimum atomic E-state index is -1.00. The van der Waals surface area contributed by atoms with Crippen molar-refractivity contribution in [3.05, 3.63) is 12.7 Å². The Kier molecular flexibility index (Phi) is 6.25. The van der Waals surface area contributed by atoms with Gasteiger partial charge in [-0.1, -0.05) is 0 Å². The summed E-state index contributed by atoms with van der Waals surface area (Å²) in [5.74, 6) is -0.739. The van der Waals surface area contributed by atoms with Crippen LogP contribution >= 0.6 is 0 Å². The van der Waals surface area contributed by atoms with Crippen LogP contribution in [0.5, 0.6) is 0 Å². The summed E-state index contributed by atoms with van der Waals surface area (Å²) in [6.45, 7) is 0. The first kappa shape index (κ1) is 19.9. The van der Waals surface area contributed by atoms with Crippen LogP contribution in [0.25, 0.3) is 11.2 Å². The Morgan fingerprint density at radius 1 is 1.48 bits per heavy atom. The van der Waals surface area contributed by atoms with E-state index in [1.807, 2.05) is 0 Å². The van der Waals surface area contributed by atoms with E-state index in [0.717, 1.165) is 0 Å². The molecule has 0 aromatic carbocycles. The van der Waals surface area contributed by atoms with Crippen molar-refractivity contribution in [3.8, 4) is 0 Å². The molecule has 148 valence electrons. The number of anilines is 1. The molecule has 3 rings (SSSR count). The molecule has 6 N–H and O–H groups in total. The number of aliphatic hydroxyl groups is 1. The molecule has 0 amide bonds. The van der Waals surface area contributed by atoms with E-state index >= 15 is 0 Å². The predicted molar refractivity (Wildman–Crippen MR) is 96.0 cm³/mol. The average Bonchev–Trinajstić information content (AvgIpc) is 3.20. The molecule has 2 aromatic heterocycles. The molecule has 0 saturated carbocycles. The zero-order valence-electron chi connectivity index (χ0n) is 14.6. The number of imidazole rings is 1. The van der Waals surface area contributed by atoms with Gasteiger partial charge in [0.25, 0.3) is 0 Å². The topological polar surface area (TPSA) is 172 Å². The number of nitrogens with zero attached hydrogens (tertiary/aromatic N) is 4. The summed E-state index contributed by atoms with van der Waals surface area (Å²) < 4.78 is 13.2. The second-order valence-corrected chi connectivity index (χ2v) is 8.56. The number of hydrogen-bond donors (Lipinski definition) is 4. The van der Waals surface area contributed by atoms with Crippen molar-refractivity contribution in [1.29, 1.82) is 0 Å². The van der Waals surface area contributed by atoms with E-state index in [-0.39, 0.29) is 20.8 Å². The quantitative estimate of drug-likeness (QED) is 0.292. The second kappa shape index (κ2) is 8.46. The molecule has 0 spiro atoms. The molecule has 11 nitrogen and oxygen atoms in total. The average molecular weight is 445 g/mol. The number of rotatable bonds is 8. The van der Waals surface area contributed by atoms with Gasteiger partial charge < -0.3 is 0 Å². The van der Waals surface area contributed by atoms with E-state index in [1.54, 1.807) is 10.9 Å². The summed E-state index contributed by atoms with van der Waals surface area (Å²) in [7, 11) is 1.51. The van der Waals surface area contributed by atoms with Gasteiger partial charge in [0.1, 0.15) is 0 Å². The number of carboxylic acid groups (broad SMARTS) is 1. The van der Waals surface area contributed by atoms with Crippen molar-refractivity contribution < 1.29 is 24.5 Å². The van der Waals surface area contributed by atoms with Crippen LogP contribution in [-0.4, -0.2) is 82.1 Å². The van der Waals surface area contributed by atoms with Crippen molar-refractivity contribution >= 4 is 37.9 Å². The van der Waals surface area contributed by atoms with E-state index in [0.29, 0.717) is 28.2 Å². The van der Waals surface area contributed by atoms with Gasteiger partial charge in [0.15, 0.2) is 0 Å². The molecular weight excluding hydrogens is 423 g/mol. The van der Waals surface area contributed by atoms with Gasteiger partial charge in [0, 0.05) is 0 Å². The number of fused-ring (bicyclic) bond motifs is 1. The summed E-state index contributed by atoms with van der Waals surface area (Å²) in [6.07, 6.45) is 0.821. The molecule has 0 bridgehead atoms. The zero-order valence-corrected chi connectivity index (χ0v) is 16.3. The third-order valence-electron chi connectivity index (χ3n) is 4.42. The summed E-state index contributed by atoms with van der Waals surface area (Å²) in [4.78, 5) is 23.1. The van der Waals surface area contributed by atoms with E-state index in [2.05, 4.69) is 15.0 Å². The predicted octanol–water partition coefficient (Wildman–Crippen LogP) is -0.975. The van der Waals surface area contributed by atoms with Gasteiger partial charge >= 0.3 is 161 Å². The van der Waals surface area contributed by atoms with Crippen molar-refractivity contribution in [2.75, 3.05) is 12.8 Å². The maximum absolute atomic E-state index is 10.8. The van der Waals surface area contributed by atoms with E-state index in [9.17, 15) is 9.90 Å². The molecular formula is C15H22N6O5Se. The molecule has 0 radical (unpaired) electrons. The number of methoxy groups -OCH3 is 1. The Balaban J connectivity index is 1.68. The van der Waals surface area contributed by atoms with Crippen molar-refractivity contribution in [2.24, 2.45) is 5.73 Å². The number of nitrogens with two attached hydrogens (primary N) is 2. The second-order valence-electron chi connectivity index (χ2n) is 6.15. The summed E-state index contributed by atoms with van der Waals surface area (Å²) >= 11 is 0.0789. The Morgan fingerprint density at radius 2 is 2.26 bits per heavy atom. The first-order valence-corrected chi connectivity index (χ1v) is 10.7. The van der Waals surface area contributed by atoms with Crippen molar-refractivity contribution in [2.45, 2.75) is 47.6 Å². The van der Waals surface area contributed by atoms with Crippen LogP contribution in [0.1, 0.15) is 12.6 Å². The fourth-order valence-corrected chi connectivity index (χ4v) is 5.22. The number of hydrogen-bond acceptors (Lipinski definition) is 9. The van der Waals surface area contributed by atoms with E-state index < -0.39 is 36.6 Å². The summed E-state index contributed by atoms with van der Waals surface area (Å²) in [5.41, 5.74) is 12.3. The third kappa shape index (κ3) is 4.05. The zero-order chi connectivity index (χ0) is 19.6. The molecule has 5 atom stereocenters. The van der Waals surface area contributed by atoms with Gasteiger partial charge in [-0.05, 0) is 0 Å². The molecule has 2 aromatic rings. The normalized spacial score (nSPS) is 26.5. The summed E-state index contributed by atoms with van der Waals surface area (Å²) in [5, 5.41) is 20.7. The Labute approximate surface area is 161 Å². The van der Waals surface area contributed by atoms with Crippen LogP contribution in [0.15, 0.2) is 12.7 Å². The van der Waals surface area contributed by atoms with Gasteiger partial charge in [0.05, 0.1) is 0 Å². The first-order valence-electron chi connectivity index (χ1n) is 8.29. The number of aliphatic carboxylic acids is 1. The van der Waals surface area contributed by atoms with Gasteiger partial charge in [-0.15, -0.1) is 0 Å². The van der Waals surface area contributed by atoms with Crippen LogP contribution < -0.4 is 11.5 Å². The number of nitrogen functional groups attached to an aromatic ring is 1. The number of aliphatic hydroxyl groups excluding tert-OH is 1. The van der Waals surface area contributed by atoms with Gasteiger partial charge in [-0.3, -0.25) is 0 Å². The van der Waals surface area contributed by atoms with Crippen molar-refractivity contribution in [3.63, 3.8) is 0 Å².